The maximum atomic E-state index is 2.57. The zero-order valence-corrected chi connectivity index (χ0v) is 12.8. The molecule has 0 aromatic carbocycles. The van der Waals surface area contributed by atoms with Crippen LogP contribution in [0.4, 0.5) is 0 Å². The molecule has 0 bridgehead atoms. The van der Waals surface area contributed by atoms with Gasteiger partial charge in [0.2, 0.25) is 0 Å². The summed E-state index contributed by atoms with van der Waals surface area (Å²) in [6.07, 6.45) is 13.5. The summed E-state index contributed by atoms with van der Waals surface area (Å²) in [4.78, 5) is 0. The molecule has 2 aliphatic carbocycles. The van der Waals surface area contributed by atoms with Crippen LogP contribution in [0, 0.1) is 11.3 Å². The number of rotatable bonds is 0. The summed E-state index contributed by atoms with van der Waals surface area (Å²) in [7, 11) is 2.36. The summed E-state index contributed by atoms with van der Waals surface area (Å²) in [6, 6.07) is 0. The average Bonchev–Trinajstić information content (AvgIpc) is 2.44. The van der Waals surface area contributed by atoms with E-state index >= 15 is 0 Å². The molecule has 0 radical (unpaired) electrons. The van der Waals surface area contributed by atoms with Crippen LogP contribution < -0.4 is 0 Å². The highest BCUT2D eigenvalue weighted by Crippen LogP contribution is 2.46. The Morgan fingerprint density at radius 2 is 1.94 bits per heavy atom. The van der Waals surface area contributed by atoms with Crippen LogP contribution in [0.1, 0.15) is 72.1 Å². The van der Waals surface area contributed by atoms with Crippen molar-refractivity contribution in [2.24, 2.45) is 11.3 Å². The Bertz CT molecular complexity index is 364. The monoisotopic (exact) mass is 244 g/mol. The summed E-state index contributed by atoms with van der Waals surface area (Å²) in [5, 5.41) is 0. The van der Waals surface area contributed by atoms with Gasteiger partial charge in [-0.05, 0) is 76.5 Å². The summed E-state index contributed by atoms with van der Waals surface area (Å²) >= 11 is 0. The Kier molecular flexibility index (Phi) is 4.40. The van der Waals surface area contributed by atoms with Gasteiger partial charge in [0.15, 0.2) is 0 Å². The molecule has 2 unspecified atom stereocenters. The van der Waals surface area contributed by atoms with E-state index in [1.807, 2.05) is 0 Å². The molecule has 0 aliphatic heterocycles. The normalized spacial score (nSPS) is 38.8. The lowest BCUT2D eigenvalue weighted by Crippen LogP contribution is -2.26. The summed E-state index contributed by atoms with van der Waals surface area (Å²) in [5.41, 5.74) is 5.56. The van der Waals surface area contributed by atoms with E-state index in [0.29, 0.717) is 5.41 Å². The third-order valence-corrected chi connectivity index (χ3v) is 5.72. The summed E-state index contributed by atoms with van der Waals surface area (Å²) < 4.78 is 0. The molecule has 0 aromatic rings. The maximum Gasteiger partial charge on any atom is 0.133 e. The first-order chi connectivity index (χ1) is 8.51. The van der Waals surface area contributed by atoms with Gasteiger partial charge >= 0.3 is 0 Å². The largest absolute Gasteiger partial charge is 0.133 e. The molecule has 0 aromatic heterocycles. The predicted molar refractivity (Wildman–Crippen MR) is 83.5 cm³/mol. The molecule has 0 saturated heterocycles. The summed E-state index contributed by atoms with van der Waals surface area (Å²) in [5.74, 6) is 0.913. The van der Waals surface area contributed by atoms with Crippen LogP contribution in [0.2, 0.25) is 0 Å². The number of hydrogen-bond acceptors (Lipinski definition) is 0. The highest BCUT2D eigenvalue weighted by molar-refractivity contribution is 6.21. The Labute approximate surface area is 114 Å². The van der Waals surface area contributed by atoms with Gasteiger partial charge in [-0.3, -0.25) is 0 Å². The first-order valence-corrected chi connectivity index (χ1v) is 7.82. The molecule has 0 spiro atoms. The SMILES string of the molecule is B/C1=C(/C)CCCC2(C)CCC(C)=CCC2CC1. The molecular weight excluding hydrogens is 215 g/mol. The lowest BCUT2D eigenvalue weighted by atomic mass is 9.68. The Morgan fingerprint density at radius 3 is 2.72 bits per heavy atom. The fraction of sp³-hybridized carbons (Fsp3) is 0.765. The first kappa shape index (κ1) is 14.0. The van der Waals surface area contributed by atoms with Gasteiger partial charge in [0.25, 0.3) is 0 Å². The molecule has 0 fully saturated rings. The van der Waals surface area contributed by atoms with Gasteiger partial charge in [0.1, 0.15) is 7.85 Å². The first-order valence-electron chi connectivity index (χ1n) is 7.82. The van der Waals surface area contributed by atoms with E-state index in [9.17, 15) is 0 Å². The molecule has 0 saturated carbocycles. The third kappa shape index (κ3) is 3.10. The van der Waals surface area contributed by atoms with Gasteiger partial charge in [-0.2, -0.15) is 0 Å². The smallest absolute Gasteiger partial charge is 0.111 e. The molecule has 0 heterocycles. The minimum absolute atomic E-state index is 0.596. The second-order valence-electron chi connectivity index (χ2n) is 7.09. The van der Waals surface area contributed by atoms with Gasteiger partial charge in [0.05, 0.1) is 0 Å². The quantitative estimate of drug-likeness (QED) is 0.431. The molecule has 0 nitrogen and oxygen atoms in total. The molecule has 1 heteroatoms. The van der Waals surface area contributed by atoms with E-state index in [1.54, 1.807) is 16.6 Å². The van der Waals surface area contributed by atoms with Gasteiger partial charge < -0.3 is 0 Å². The topological polar surface area (TPSA) is 0 Å². The van der Waals surface area contributed by atoms with E-state index in [4.69, 9.17) is 0 Å². The van der Waals surface area contributed by atoms with Crippen molar-refractivity contribution < 1.29 is 0 Å². The van der Waals surface area contributed by atoms with Gasteiger partial charge in [0, 0.05) is 0 Å². The Balaban J connectivity index is 2.17. The van der Waals surface area contributed by atoms with Gasteiger partial charge in [-0.25, -0.2) is 0 Å². The molecular formula is C17H29B. The maximum absolute atomic E-state index is 2.57. The highest BCUT2D eigenvalue weighted by atomic mass is 14.4. The van der Waals surface area contributed by atoms with Crippen molar-refractivity contribution in [3.63, 3.8) is 0 Å². The molecule has 0 amide bonds. The van der Waals surface area contributed by atoms with Crippen molar-refractivity contribution >= 4 is 7.85 Å². The van der Waals surface area contributed by atoms with Crippen LogP contribution in [0.15, 0.2) is 22.7 Å². The molecule has 2 atom stereocenters. The number of fused-ring (bicyclic) bond motifs is 1. The molecule has 2 rings (SSSR count). The van der Waals surface area contributed by atoms with Crippen molar-refractivity contribution in [2.75, 3.05) is 0 Å². The van der Waals surface area contributed by atoms with E-state index in [0.717, 1.165) is 5.92 Å². The van der Waals surface area contributed by atoms with Crippen molar-refractivity contribution in [3.8, 4) is 0 Å². The Morgan fingerprint density at radius 1 is 1.17 bits per heavy atom. The van der Waals surface area contributed by atoms with Crippen molar-refractivity contribution in [1.82, 2.24) is 0 Å². The van der Waals surface area contributed by atoms with Crippen LogP contribution in [-0.2, 0) is 0 Å². The number of hydrogen-bond donors (Lipinski definition) is 0. The van der Waals surface area contributed by atoms with E-state index in [-0.39, 0.29) is 0 Å². The van der Waals surface area contributed by atoms with Gasteiger partial charge in [-0.15, -0.1) is 5.47 Å². The Hall–Kier alpha value is -0.455. The van der Waals surface area contributed by atoms with Crippen LogP contribution >= 0.6 is 0 Å². The van der Waals surface area contributed by atoms with E-state index < -0.39 is 0 Å². The predicted octanol–water partition coefficient (Wildman–Crippen LogP) is 4.61. The van der Waals surface area contributed by atoms with E-state index in [2.05, 4.69) is 34.7 Å². The molecule has 18 heavy (non-hydrogen) atoms. The minimum atomic E-state index is 0.596. The van der Waals surface area contributed by atoms with Crippen LogP contribution in [-0.4, -0.2) is 7.85 Å². The average molecular weight is 244 g/mol. The standard InChI is InChI=1S/C17H29B/c1-13-6-7-15-8-9-16(18)14(2)5-4-11-17(15,3)12-10-13/h6,15H,4-5,7-12,18H2,1-3H3/b16-14-. The van der Waals surface area contributed by atoms with Crippen LogP contribution in [0.5, 0.6) is 0 Å². The second-order valence-corrected chi connectivity index (χ2v) is 7.09. The minimum Gasteiger partial charge on any atom is -0.111 e. The third-order valence-electron chi connectivity index (χ3n) is 5.72. The zero-order valence-electron chi connectivity index (χ0n) is 12.8. The second kappa shape index (κ2) is 5.67. The lowest BCUT2D eigenvalue weighted by molar-refractivity contribution is 0.148. The van der Waals surface area contributed by atoms with E-state index in [1.165, 1.54) is 51.4 Å². The highest BCUT2D eigenvalue weighted by Gasteiger charge is 2.34. The van der Waals surface area contributed by atoms with Gasteiger partial charge in [-0.1, -0.05) is 24.1 Å². The van der Waals surface area contributed by atoms with Crippen molar-refractivity contribution in [1.29, 1.82) is 0 Å². The molecule has 0 N–H and O–H groups in total. The van der Waals surface area contributed by atoms with Crippen LogP contribution in [0.3, 0.4) is 0 Å². The lowest BCUT2D eigenvalue weighted by Gasteiger charge is -2.36. The fourth-order valence-electron chi connectivity index (χ4n) is 3.79. The summed E-state index contributed by atoms with van der Waals surface area (Å²) in [6.45, 7) is 7.24. The molecule has 100 valence electrons. The molecule has 2 aliphatic rings. The number of allylic oxidation sites excluding steroid dienone is 4. The fourth-order valence-corrected chi connectivity index (χ4v) is 3.79. The van der Waals surface area contributed by atoms with Crippen molar-refractivity contribution in [2.45, 2.75) is 72.1 Å². The zero-order chi connectivity index (χ0) is 13.2. The van der Waals surface area contributed by atoms with Crippen LogP contribution in [0.25, 0.3) is 0 Å². The van der Waals surface area contributed by atoms with Crippen molar-refractivity contribution in [3.05, 3.63) is 22.7 Å².